The molecule has 0 spiro atoms. The van der Waals surface area contributed by atoms with E-state index in [1.807, 2.05) is 13.0 Å². The summed E-state index contributed by atoms with van der Waals surface area (Å²) in [6.07, 6.45) is 1.84. The number of hydrogen-bond donors (Lipinski definition) is 0. The van der Waals surface area contributed by atoms with E-state index in [9.17, 15) is 14.4 Å². The van der Waals surface area contributed by atoms with Crippen LogP contribution in [0.2, 0.25) is 0 Å². The van der Waals surface area contributed by atoms with Gasteiger partial charge in [0, 0.05) is 32.2 Å². The van der Waals surface area contributed by atoms with E-state index in [-0.39, 0.29) is 30.3 Å². The Labute approximate surface area is 154 Å². The fourth-order valence-electron chi connectivity index (χ4n) is 3.79. The summed E-state index contributed by atoms with van der Waals surface area (Å²) in [5.41, 5.74) is 1.71. The quantitative estimate of drug-likeness (QED) is 0.773. The number of likely N-dealkylation sites (N-methyl/N-ethyl adjacent to an activating group) is 1. The van der Waals surface area contributed by atoms with Crippen molar-refractivity contribution in [1.82, 2.24) is 14.7 Å². The lowest BCUT2D eigenvalue weighted by atomic mass is 10.0. The van der Waals surface area contributed by atoms with Crippen LogP contribution in [0.15, 0.2) is 18.2 Å². The van der Waals surface area contributed by atoms with Crippen LogP contribution in [0, 0.1) is 6.92 Å². The van der Waals surface area contributed by atoms with Crippen LogP contribution in [-0.4, -0.2) is 71.2 Å². The molecule has 0 radical (unpaired) electrons. The number of nitrogens with zero attached hydrogens (tertiary/aromatic N) is 3. The number of benzene rings is 1. The molecule has 1 fully saturated rings. The number of rotatable bonds is 4. The topological polar surface area (TPSA) is 60.9 Å². The van der Waals surface area contributed by atoms with Crippen LogP contribution < -0.4 is 0 Å². The van der Waals surface area contributed by atoms with Gasteiger partial charge in [-0.15, -0.1) is 0 Å². The second kappa shape index (κ2) is 7.19. The summed E-state index contributed by atoms with van der Waals surface area (Å²) >= 11 is 0. The highest BCUT2D eigenvalue weighted by molar-refractivity contribution is 6.22. The van der Waals surface area contributed by atoms with Gasteiger partial charge >= 0.3 is 0 Å². The zero-order chi connectivity index (χ0) is 19.0. The Morgan fingerprint density at radius 3 is 2.38 bits per heavy atom. The van der Waals surface area contributed by atoms with Gasteiger partial charge in [-0.3, -0.25) is 19.3 Å². The number of imide groups is 1. The average molecular weight is 357 g/mol. The van der Waals surface area contributed by atoms with Crippen molar-refractivity contribution in [3.05, 3.63) is 34.9 Å². The minimum atomic E-state index is -0.374. The first-order valence-electron chi connectivity index (χ1n) is 9.26. The number of carbonyl (C=O) groups excluding carboxylic acids is 3. The van der Waals surface area contributed by atoms with E-state index in [1.165, 1.54) is 0 Å². The molecule has 0 aliphatic carbocycles. The van der Waals surface area contributed by atoms with Crippen molar-refractivity contribution in [3.8, 4) is 0 Å². The largest absolute Gasteiger partial charge is 0.341 e. The molecule has 2 aliphatic rings. The molecular weight excluding hydrogens is 330 g/mol. The maximum atomic E-state index is 12.7. The molecule has 6 heteroatoms. The summed E-state index contributed by atoms with van der Waals surface area (Å²) in [4.78, 5) is 42.9. The fourth-order valence-corrected chi connectivity index (χ4v) is 3.79. The highest BCUT2D eigenvalue weighted by Crippen LogP contribution is 2.24. The summed E-state index contributed by atoms with van der Waals surface area (Å²) < 4.78 is 0. The van der Waals surface area contributed by atoms with Gasteiger partial charge in [0.15, 0.2) is 0 Å². The normalized spacial score (nSPS) is 18.6. The number of likely N-dealkylation sites (tertiary alicyclic amines) is 1. The van der Waals surface area contributed by atoms with E-state index in [0.29, 0.717) is 17.2 Å². The molecule has 140 valence electrons. The third-order valence-electron chi connectivity index (χ3n) is 5.59. The third kappa shape index (κ3) is 3.38. The molecule has 2 aliphatic heterocycles. The van der Waals surface area contributed by atoms with Crippen molar-refractivity contribution in [2.75, 3.05) is 26.7 Å². The number of amides is 3. The van der Waals surface area contributed by atoms with Gasteiger partial charge in [0.1, 0.15) is 6.54 Å². The zero-order valence-corrected chi connectivity index (χ0v) is 16.0. The molecule has 1 aromatic rings. The molecule has 1 saturated heterocycles. The number of piperidine rings is 1. The summed E-state index contributed by atoms with van der Waals surface area (Å²) in [5, 5.41) is 0. The van der Waals surface area contributed by atoms with Gasteiger partial charge in [-0.2, -0.15) is 0 Å². The molecule has 6 nitrogen and oxygen atoms in total. The minimum Gasteiger partial charge on any atom is -0.341 e. The Hall–Kier alpha value is -2.21. The summed E-state index contributed by atoms with van der Waals surface area (Å²) in [7, 11) is 1.78. The molecule has 3 amide bonds. The molecule has 26 heavy (non-hydrogen) atoms. The molecule has 1 aromatic carbocycles. The van der Waals surface area contributed by atoms with E-state index < -0.39 is 0 Å². The lowest BCUT2D eigenvalue weighted by molar-refractivity contribution is -0.133. The van der Waals surface area contributed by atoms with Gasteiger partial charge in [-0.1, -0.05) is 11.6 Å². The third-order valence-corrected chi connectivity index (χ3v) is 5.59. The van der Waals surface area contributed by atoms with Gasteiger partial charge < -0.3 is 9.80 Å². The Morgan fingerprint density at radius 2 is 1.77 bits per heavy atom. The second-order valence-corrected chi connectivity index (χ2v) is 7.61. The molecule has 3 rings (SSSR count). The maximum Gasteiger partial charge on any atom is 0.262 e. The Bertz CT molecular complexity index is 736. The molecule has 0 bridgehead atoms. The van der Waals surface area contributed by atoms with Crippen LogP contribution >= 0.6 is 0 Å². The van der Waals surface area contributed by atoms with Gasteiger partial charge in [0.05, 0.1) is 11.1 Å². The Balaban J connectivity index is 1.64. The van der Waals surface area contributed by atoms with Crippen molar-refractivity contribution in [2.45, 2.75) is 45.7 Å². The van der Waals surface area contributed by atoms with Gasteiger partial charge in [-0.25, -0.2) is 0 Å². The first-order valence-corrected chi connectivity index (χ1v) is 9.26. The molecule has 2 heterocycles. The van der Waals surface area contributed by atoms with Crippen LogP contribution in [0.1, 0.15) is 53.0 Å². The fraction of sp³-hybridized carbons (Fsp3) is 0.550. The van der Waals surface area contributed by atoms with Crippen molar-refractivity contribution >= 4 is 17.7 Å². The first-order chi connectivity index (χ1) is 12.3. The van der Waals surface area contributed by atoms with Gasteiger partial charge in [0.25, 0.3) is 11.8 Å². The van der Waals surface area contributed by atoms with Crippen LogP contribution in [0.25, 0.3) is 0 Å². The molecular formula is C20H27N3O3. The van der Waals surface area contributed by atoms with Crippen molar-refractivity contribution in [2.24, 2.45) is 0 Å². The Kier molecular flexibility index (Phi) is 5.14. The van der Waals surface area contributed by atoms with E-state index >= 15 is 0 Å². The number of carbonyl (C=O) groups is 3. The number of fused-ring (bicyclic) bond motifs is 1. The van der Waals surface area contributed by atoms with E-state index in [4.69, 9.17) is 0 Å². The molecule has 0 saturated carbocycles. The summed E-state index contributed by atoms with van der Waals surface area (Å²) in [6.45, 7) is 7.98. The number of aryl methyl sites for hydroxylation is 1. The average Bonchev–Trinajstić information content (AvgIpc) is 2.85. The highest BCUT2D eigenvalue weighted by Gasteiger charge is 2.38. The zero-order valence-electron chi connectivity index (χ0n) is 16.0. The SMILES string of the molecule is Cc1ccc2c(c1)C(=O)N(CC(=O)N(C)C1CCN(C(C)C)CC1)C2=O. The van der Waals surface area contributed by atoms with Gasteiger partial charge in [0.2, 0.25) is 5.91 Å². The Morgan fingerprint density at radius 1 is 1.15 bits per heavy atom. The minimum absolute atomic E-state index is 0.162. The van der Waals surface area contributed by atoms with E-state index in [0.717, 1.165) is 36.4 Å². The number of hydrogen-bond acceptors (Lipinski definition) is 4. The predicted molar refractivity (Wildman–Crippen MR) is 99.0 cm³/mol. The van der Waals surface area contributed by atoms with Crippen molar-refractivity contribution in [1.29, 1.82) is 0 Å². The predicted octanol–water partition coefficient (Wildman–Crippen LogP) is 1.92. The molecule has 0 atom stereocenters. The van der Waals surface area contributed by atoms with Crippen LogP contribution in [0.5, 0.6) is 0 Å². The van der Waals surface area contributed by atoms with Crippen LogP contribution in [-0.2, 0) is 4.79 Å². The van der Waals surface area contributed by atoms with Crippen molar-refractivity contribution < 1.29 is 14.4 Å². The molecule has 0 unspecified atom stereocenters. The highest BCUT2D eigenvalue weighted by atomic mass is 16.2. The van der Waals surface area contributed by atoms with Crippen LogP contribution in [0.4, 0.5) is 0 Å². The monoisotopic (exact) mass is 357 g/mol. The molecule has 0 aromatic heterocycles. The van der Waals surface area contributed by atoms with Crippen molar-refractivity contribution in [3.63, 3.8) is 0 Å². The van der Waals surface area contributed by atoms with Crippen LogP contribution in [0.3, 0.4) is 0 Å². The lowest BCUT2D eigenvalue weighted by Crippen LogP contribution is -2.50. The molecule has 0 N–H and O–H groups in total. The smallest absolute Gasteiger partial charge is 0.262 e. The van der Waals surface area contributed by atoms with E-state index in [1.54, 1.807) is 24.1 Å². The second-order valence-electron chi connectivity index (χ2n) is 7.61. The summed E-state index contributed by atoms with van der Waals surface area (Å²) in [5.74, 6) is -0.925. The standard InChI is InChI=1S/C20H27N3O3/c1-13(2)22-9-7-15(8-10-22)21(4)18(24)12-23-19(25)16-6-5-14(3)11-17(16)20(23)26/h5-6,11,13,15H,7-10,12H2,1-4H3. The first kappa shape index (κ1) is 18.6. The summed E-state index contributed by atoms with van der Waals surface area (Å²) in [6, 6.07) is 5.87. The van der Waals surface area contributed by atoms with E-state index in [2.05, 4.69) is 18.7 Å². The maximum absolute atomic E-state index is 12.7. The lowest BCUT2D eigenvalue weighted by Gasteiger charge is -2.38. The van der Waals surface area contributed by atoms with Gasteiger partial charge in [-0.05, 0) is 45.7 Å².